The van der Waals surface area contributed by atoms with Crippen molar-refractivity contribution in [2.45, 2.75) is 6.10 Å². The van der Waals surface area contributed by atoms with Crippen LogP contribution in [0, 0.1) is 0 Å². The van der Waals surface area contributed by atoms with Crippen molar-refractivity contribution in [1.29, 1.82) is 0 Å². The number of aliphatic hydroxyl groups excluding tert-OH is 1. The highest BCUT2D eigenvalue weighted by atomic mass is 16.5. The molecule has 0 saturated carbocycles. The first-order valence-electron chi connectivity index (χ1n) is 9.62. The van der Waals surface area contributed by atoms with Gasteiger partial charge in [-0.2, -0.15) is 0 Å². The summed E-state index contributed by atoms with van der Waals surface area (Å²) in [5, 5.41) is 11.9. The van der Waals surface area contributed by atoms with Crippen molar-refractivity contribution in [2.24, 2.45) is 0 Å². The number of anilines is 1. The number of aromatic amines is 1. The van der Waals surface area contributed by atoms with Crippen molar-refractivity contribution >= 4 is 16.6 Å². The van der Waals surface area contributed by atoms with Gasteiger partial charge in [-0.3, -0.25) is 4.90 Å². The Morgan fingerprint density at radius 2 is 1.64 bits per heavy atom. The lowest BCUT2D eigenvalue weighted by atomic mass is 10.1. The van der Waals surface area contributed by atoms with Gasteiger partial charge in [-0.25, -0.2) is 0 Å². The lowest BCUT2D eigenvalue weighted by Crippen LogP contribution is -2.47. The number of methoxy groups -OCH3 is 2. The minimum absolute atomic E-state index is 0.519. The number of benzene rings is 2. The Morgan fingerprint density at radius 1 is 0.964 bits per heavy atom. The molecule has 0 aliphatic carbocycles. The Balaban J connectivity index is 1.36. The largest absolute Gasteiger partial charge is 0.497 e. The van der Waals surface area contributed by atoms with E-state index in [9.17, 15) is 5.11 Å². The molecule has 2 heterocycles. The lowest BCUT2D eigenvalue weighted by Gasteiger charge is -2.37. The quantitative estimate of drug-likeness (QED) is 0.687. The Labute approximate surface area is 165 Å². The van der Waals surface area contributed by atoms with Gasteiger partial charge in [-0.1, -0.05) is 0 Å². The molecule has 1 aliphatic rings. The van der Waals surface area contributed by atoms with Crippen LogP contribution < -0.4 is 14.4 Å². The molecule has 6 nitrogen and oxygen atoms in total. The topological polar surface area (TPSA) is 61.0 Å². The summed E-state index contributed by atoms with van der Waals surface area (Å²) in [5.41, 5.74) is 3.14. The first-order valence-corrected chi connectivity index (χ1v) is 9.62. The van der Waals surface area contributed by atoms with Crippen LogP contribution in [0.1, 0.15) is 11.7 Å². The number of aromatic nitrogens is 1. The average molecular weight is 381 g/mol. The summed E-state index contributed by atoms with van der Waals surface area (Å²) in [6.07, 6.45) is 1.39. The van der Waals surface area contributed by atoms with Crippen molar-refractivity contribution in [3.05, 3.63) is 54.2 Å². The zero-order chi connectivity index (χ0) is 19.5. The third-order valence-electron chi connectivity index (χ3n) is 5.52. The molecule has 0 bridgehead atoms. The van der Waals surface area contributed by atoms with E-state index in [0.29, 0.717) is 6.54 Å². The second-order valence-electron chi connectivity index (χ2n) is 7.16. The number of nitrogens with zero attached hydrogens (tertiary/aromatic N) is 2. The summed E-state index contributed by atoms with van der Waals surface area (Å²) < 4.78 is 10.5. The number of fused-ring (bicyclic) bond motifs is 1. The van der Waals surface area contributed by atoms with Crippen LogP contribution >= 0.6 is 0 Å². The Kier molecular flexibility index (Phi) is 5.41. The fraction of sp³-hybridized carbons (Fsp3) is 0.364. The summed E-state index contributed by atoms with van der Waals surface area (Å²) in [5.74, 6) is 1.69. The van der Waals surface area contributed by atoms with Gasteiger partial charge in [-0.05, 0) is 36.4 Å². The van der Waals surface area contributed by atoms with Crippen LogP contribution in [0.3, 0.4) is 0 Å². The summed E-state index contributed by atoms with van der Waals surface area (Å²) in [6, 6.07) is 14.1. The molecular formula is C22H27N3O3. The molecule has 1 aliphatic heterocycles. The Bertz CT molecular complexity index is 914. The van der Waals surface area contributed by atoms with Gasteiger partial charge in [0.15, 0.2) is 0 Å². The number of rotatable bonds is 6. The number of β-amino-alcohol motifs (C(OH)–C–C–N with tert-alkyl or cyclic N) is 1. The van der Waals surface area contributed by atoms with Crippen molar-refractivity contribution in [2.75, 3.05) is 51.8 Å². The number of hydrogen-bond donors (Lipinski definition) is 2. The molecule has 0 spiro atoms. The third-order valence-corrected chi connectivity index (χ3v) is 5.52. The first kappa shape index (κ1) is 18.7. The average Bonchev–Trinajstić information content (AvgIpc) is 3.17. The highest BCUT2D eigenvalue weighted by molar-refractivity contribution is 5.84. The van der Waals surface area contributed by atoms with Crippen molar-refractivity contribution in [1.82, 2.24) is 9.88 Å². The molecular weight excluding hydrogens is 354 g/mol. The van der Waals surface area contributed by atoms with Crippen LogP contribution in [-0.4, -0.2) is 61.9 Å². The minimum atomic E-state index is -0.519. The number of H-pyrrole nitrogens is 1. The first-order chi connectivity index (χ1) is 13.7. The molecule has 0 radical (unpaired) electrons. The summed E-state index contributed by atoms with van der Waals surface area (Å²) in [7, 11) is 3.34. The highest BCUT2D eigenvalue weighted by Gasteiger charge is 2.21. The van der Waals surface area contributed by atoms with Crippen molar-refractivity contribution in [3.63, 3.8) is 0 Å². The van der Waals surface area contributed by atoms with E-state index in [0.717, 1.165) is 54.1 Å². The molecule has 6 heteroatoms. The van der Waals surface area contributed by atoms with Crippen LogP contribution in [0.2, 0.25) is 0 Å². The van der Waals surface area contributed by atoms with Crippen LogP contribution in [-0.2, 0) is 0 Å². The minimum Gasteiger partial charge on any atom is -0.497 e. The smallest absolute Gasteiger partial charge is 0.120 e. The lowest BCUT2D eigenvalue weighted by molar-refractivity contribution is 0.110. The van der Waals surface area contributed by atoms with Gasteiger partial charge in [0.05, 0.1) is 20.3 Å². The second-order valence-corrected chi connectivity index (χ2v) is 7.16. The number of nitrogens with one attached hydrogen (secondary N) is 1. The Hall–Kier alpha value is -2.70. The van der Waals surface area contributed by atoms with Crippen molar-refractivity contribution in [3.8, 4) is 11.5 Å². The van der Waals surface area contributed by atoms with Crippen LogP contribution in [0.4, 0.5) is 5.69 Å². The summed E-state index contributed by atoms with van der Waals surface area (Å²) >= 11 is 0. The molecule has 1 unspecified atom stereocenters. The van der Waals surface area contributed by atoms with Crippen LogP contribution in [0.5, 0.6) is 11.5 Å². The van der Waals surface area contributed by atoms with E-state index in [1.54, 1.807) is 14.2 Å². The van der Waals surface area contributed by atoms with Crippen molar-refractivity contribution < 1.29 is 14.6 Å². The van der Waals surface area contributed by atoms with Gasteiger partial charge in [0, 0.05) is 67.1 Å². The fourth-order valence-electron chi connectivity index (χ4n) is 3.86. The molecule has 1 aromatic heterocycles. The molecule has 1 atom stereocenters. The van der Waals surface area contributed by atoms with E-state index in [2.05, 4.69) is 26.9 Å². The number of hydrogen-bond acceptors (Lipinski definition) is 5. The zero-order valence-corrected chi connectivity index (χ0v) is 16.4. The van der Waals surface area contributed by atoms with Crippen LogP contribution in [0.15, 0.2) is 48.7 Å². The summed E-state index contributed by atoms with van der Waals surface area (Å²) in [4.78, 5) is 7.94. The van der Waals surface area contributed by atoms with E-state index in [1.165, 1.54) is 5.69 Å². The van der Waals surface area contributed by atoms with E-state index in [-0.39, 0.29) is 0 Å². The highest BCUT2D eigenvalue weighted by Crippen LogP contribution is 2.28. The maximum Gasteiger partial charge on any atom is 0.120 e. The van der Waals surface area contributed by atoms with E-state index in [1.807, 2.05) is 36.5 Å². The predicted molar refractivity (Wildman–Crippen MR) is 111 cm³/mol. The molecule has 1 fully saturated rings. The van der Waals surface area contributed by atoms with Crippen LogP contribution in [0.25, 0.3) is 10.9 Å². The fourth-order valence-corrected chi connectivity index (χ4v) is 3.86. The molecule has 148 valence electrons. The maximum absolute atomic E-state index is 10.8. The third kappa shape index (κ3) is 3.79. The monoisotopic (exact) mass is 381 g/mol. The van der Waals surface area contributed by atoms with E-state index < -0.39 is 6.10 Å². The van der Waals surface area contributed by atoms with Gasteiger partial charge in [0.1, 0.15) is 11.5 Å². The molecule has 1 saturated heterocycles. The number of aliphatic hydroxyl groups is 1. The maximum atomic E-state index is 10.8. The number of ether oxygens (including phenoxy) is 2. The van der Waals surface area contributed by atoms with E-state index in [4.69, 9.17) is 9.47 Å². The zero-order valence-electron chi connectivity index (χ0n) is 16.4. The normalized spacial score (nSPS) is 16.3. The van der Waals surface area contributed by atoms with E-state index >= 15 is 0 Å². The molecule has 28 heavy (non-hydrogen) atoms. The van der Waals surface area contributed by atoms with Gasteiger partial charge >= 0.3 is 0 Å². The second kappa shape index (κ2) is 8.12. The Morgan fingerprint density at radius 3 is 2.32 bits per heavy atom. The number of piperazine rings is 1. The predicted octanol–water partition coefficient (Wildman–Crippen LogP) is 3.04. The standard InChI is InChI=1S/C22H27N3O3/c1-27-17-5-3-16(4-6-17)25-11-9-24(10-12-25)15-22(26)20-14-23-21-13-18(28-2)7-8-19(20)21/h3-8,13-14,22-23,26H,9-12,15H2,1-2H3. The van der Waals surface area contributed by atoms with Gasteiger partial charge in [-0.15, -0.1) is 0 Å². The van der Waals surface area contributed by atoms with Gasteiger partial charge in [0.2, 0.25) is 0 Å². The summed E-state index contributed by atoms with van der Waals surface area (Å²) in [6.45, 7) is 4.39. The molecule has 4 rings (SSSR count). The molecule has 0 amide bonds. The molecule has 2 N–H and O–H groups in total. The molecule has 2 aromatic carbocycles. The molecule has 3 aromatic rings. The van der Waals surface area contributed by atoms with Gasteiger partial charge in [0.25, 0.3) is 0 Å². The van der Waals surface area contributed by atoms with Gasteiger partial charge < -0.3 is 24.5 Å². The SMILES string of the molecule is COc1ccc(N2CCN(CC(O)c3c[nH]c4cc(OC)ccc34)CC2)cc1.